The molecular weight excluding hydrogens is 300 g/mol. The predicted octanol–water partition coefficient (Wildman–Crippen LogP) is 2.94. The first-order chi connectivity index (χ1) is 10.6. The molecule has 0 unspecified atom stereocenters. The van der Waals surface area contributed by atoms with Gasteiger partial charge in [0.25, 0.3) is 5.91 Å². The van der Waals surface area contributed by atoms with Gasteiger partial charge < -0.3 is 15.6 Å². The second-order valence-corrected chi connectivity index (χ2v) is 5.41. The van der Waals surface area contributed by atoms with E-state index < -0.39 is 5.91 Å². The molecule has 22 heavy (non-hydrogen) atoms. The Morgan fingerprint density at radius 1 is 1.36 bits per heavy atom. The van der Waals surface area contributed by atoms with Crippen LogP contribution in [0.3, 0.4) is 0 Å². The molecule has 0 aliphatic heterocycles. The molecule has 2 heterocycles. The maximum Gasteiger partial charge on any atom is 0.252 e. The smallest absolute Gasteiger partial charge is 0.252 e. The Hall–Kier alpha value is -2.53. The van der Waals surface area contributed by atoms with Crippen molar-refractivity contribution in [3.8, 4) is 0 Å². The first-order valence-corrected chi connectivity index (χ1v) is 7.16. The summed E-state index contributed by atoms with van der Waals surface area (Å²) in [6.45, 7) is 0.547. The number of anilines is 1. The molecule has 112 valence electrons. The molecule has 1 amide bonds. The Bertz CT molecular complexity index is 856. The lowest BCUT2D eigenvalue weighted by molar-refractivity contribution is 0.100. The minimum absolute atomic E-state index is 0.310. The van der Waals surface area contributed by atoms with Crippen LogP contribution in [-0.2, 0) is 13.6 Å². The number of carbonyl (C=O) groups excluding carboxylic acids is 1. The summed E-state index contributed by atoms with van der Waals surface area (Å²) in [7, 11) is 2.01. The van der Waals surface area contributed by atoms with Crippen LogP contribution in [0.4, 0.5) is 5.69 Å². The molecule has 0 spiro atoms. The van der Waals surface area contributed by atoms with Crippen LogP contribution < -0.4 is 11.1 Å². The zero-order valence-electron chi connectivity index (χ0n) is 12.0. The minimum Gasteiger partial charge on any atom is -0.379 e. The van der Waals surface area contributed by atoms with Crippen LogP contribution >= 0.6 is 11.6 Å². The second kappa shape index (κ2) is 5.69. The maximum absolute atomic E-state index is 11.4. The van der Waals surface area contributed by atoms with Crippen molar-refractivity contribution in [2.75, 3.05) is 5.32 Å². The van der Waals surface area contributed by atoms with Gasteiger partial charge in [0.2, 0.25) is 0 Å². The molecule has 2 aromatic heterocycles. The molecule has 1 aromatic carbocycles. The SMILES string of the molecule is Cn1c(CNc2cc(Cl)ncc2C(N)=O)cc2ccccc21. The normalized spacial score (nSPS) is 10.8. The van der Waals surface area contributed by atoms with E-state index in [1.807, 2.05) is 19.2 Å². The van der Waals surface area contributed by atoms with E-state index in [2.05, 4.69) is 33.1 Å². The molecule has 0 aliphatic carbocycles. The fourth-order valence-corrected chi connectivity index (χ4v) is 2.63. The summed E-state index contributed by atoms with van der Waals surface area (Å²) < 4.78 is 2.11. The number of aromatic nitrogens is 2. The van der Waals surface area contributed by atoms with E-state index in [0.29, 0.717) is 22.9 Å². The number of pyridine rings is 1. The number of rotatable bonds is 4. The fraction of sp³-hybridized carbons (Fsp3) is 0.125. The lowest BCUT2D eigenvalue weighted by Gasteiger charge is -2.11. The van der Waals surface area contributed by atoms with Crippen molar-refractivity contribution in [1.29, 1.82) is 0 Å². The summed E-state index contributed by atoms with van der Waals surface area (Å²) in [5, 5.41) is 4.69. The van der Waals surface area contributed by atoms with Gasteiger partial charge in [-0.15, -0.1) is 0 Å². The Balaban J connectivity index is 1.90. The number of carbonyl (C=O) groups is 1. The summed E-state index contributed by atoms with van der Waals surface area (Å²) in [5.74, 6) is -0.538. The lowest BCUT2D eigenvalue weighted by Crippen LogP contribution is -2.15. The third-order valence-corrected chi connectivity index (χ3v) is 3.85. The number of hydrogen-bond donors (Lipinski definition) is 2. The third-order valence-electron chi connectivity index (χ3n) is 3.65. The van der Waals surface area contributed by atoms with E-state index in [9.17, 15) is 4.79 Å². The van der Waals surface area contributed by atoms with Crippen LogP contribution in [0.15, 0.2) is 42.6 Å². The van der Waals surface area contributed by atoms with Crippen molar-refractivity contribution >= 4 is 34.1 Å². The van der Waals surface area contributed by atoms with Gasteiger partial charge in [-0.2, -0.15) is 0 Å². The molecule has 3 aromatic rings. The number of primary amides is 1. The summed E-state index contributed by atoms with van der Waals surface area (Å²) in [6.07, 6.45) is 1.38. The average molecular weight is 315 g/mol. The van der Waals surface area contributed by atoms with Gasteiger partial charge in [0.05, 0.1) is 17.8 Å². The molecule has 0 radical (unpaired) electrons. The van der Waals surface area contributed by atoms with Crippen LogP contribution in [0.25, 0.3) is 10.9 Å². The average Bonchev–Trinajstić information content (AvgIpc) is 2.82. The third kappa shape index (κ3) is 2.63. The molecular formula is C16H15ClN4O. The molecule has 0 saturated carbocycles. The highest BCUT2D eigenvalue weighted by molar-refractivity contribution is 6.29. The number of halogens is 1. The molecule has 3 N–H and O–H groups in total. The Kier molecular flexibility index (Phi) is 3.73. The van der Waals surface area contributed by atoms with E-state index in [-0.39, 0.29) is 0 Å². The van der Waals surface area contributed by atoms with Crippen molar-refractivity contribution in [3.63, 3.8) is 0 Å². The zero-order chi connectivity index (χ0) is 15.7. The number of nitrogens with one attached hydrogen (secondary N) is 1. The largest absolute Gasteiger partial charge is 0.379 e. The van der Waals surface area contributed by atoms with Crippen LogP contribution in [0.5, 0.6) is 0 Å². The van der Waals surface area contributed by atoms with Crippen LogP contribution in [0.2, 0.25) is 5.15 Å². The quantitative estimate of drug-likeness (QED) is 0.727. The Morgan fingerprint density at radius 2 is 2.14 bits per heavy atom. The molecule has 0 fully saturated rings. The molecule has 3 rings (SSSR count). The first-order valence-electron chi connectivity index (χ1n) is 6.79. The first kappa shape index (κ1) is 14.4. The zero-order valence-corrected chi connectivity index (χ0v) is 12.8. The van der Waals surface area contributed by atoms with Crippen molar-refractivity contribution in [3.05, 3.63) is 59.0 Å². The van der Waals surface area contributed by atoms with Crippen molar-refractivity contribution in [1.82, 2.24) is 9.55 Å². The number of nitrogens with zero attached hydrogens (tertiary/aromatic N) is 2. The predicted molar refractivity (Wildman–Crippen MR) is 88.0 cm³/mol. The highest BCUT2D eigenvalue weighted by Gasteiger charge is 2.11. The number of hydrogen-bond acceptors (Lipinski definition) is 3. The number of aryl methyl sites for hydroxylation is 1. The monoisotopic (exact) mass is 314 g/mol. The van der Waals surface area contributed by atoms with Gasteiger partial charge >= 0.3 is 0 Å². The van der Waals surface area contributed by atoms with Gasteiger partial charge in [0.1, 0.15) is 5.15 Å². The minimum atomic E-state index is -0.538. The molecule has 0 atom stereocenters. The number of nitrogens with two attached hydrogens (primary N) is 1. The van der Waals surface area contributed by atoms with E-state index in [4.69, 9.17) is 17.3 Å². The van der Waals surface area contributed by atoms with E-state index in [1.54, 1.807) is 6.07 Å². The van der Waals surface area contributed by atoms with E-state index in [1.165, 1.54) is 11.6 Å². The Labute approximate surface area is 132 Å². The fourth-order valence-electron chi connectivity index (χ4n) is 2.47. The van der Waals surface area contributed by atoms with Crippen LogP contribution in [0, 0.1) is 0 Å². The maximum atomic E-state index is 11.4. The standard InChI is InChI=1S/C16H15ClN4O/c1-21-11(6-10-4-2-3-5-14(10)21)8-19-13-7-15(17)20-9-12(13)16(18)22/h2-7,9H,8H2,1H3,(H2,18,22)(H,19,20). The summed E-state index contributed by atoms with van der Waals surface area (Å²) in [4.78, 5) is 15.3. The number of amides is 1. The van der Waals surface area contributed by atoms with Gasteiger partial charge in [-0.05, 0) is 23.6 Å². The highest BCUT2D eigenvalue weighted by Crippen LogP contribution is 2.22. The summed E-state index contributed by atoms with van der Waals surface area (Å²) in [6, 6.07) is 11.9. The van der Waals surface area contributed by atoms with Gasteiger partial charge in [0, 0.05) is 24.5 Å². The van der Waals surface area contributed by atoms with Crippen molar-refractivity contribution in [2.45, 2.75) is 6.54 Å². The van der Waals surface area contributed by atoms with Crippen molar-refractivity contribution < 1.29 is 4.79 Å². The lowest BCUT2D eigenvalue weighted by atomic mass is 10.2. The molecule has 5 nitrogen and oxygen atoms in total. The van der Waals surface area contributed by atoms with Crippen LogP contribution in [0.1, 0.15) is 16.1 Å². The van der Waals surface area contributed by atoms with Crippen LogP contribution in [-0.4, -0.2) is 15.5 Å². The van der Waals surface area contributed by atoms with E-state index in [0.717, 1.165) is 11.2 Å². The van der Waals surface area contributed by atoms with Gasteiger partial charge in [-0.3, -0.25) is 4.79 Å². The highest BCUT2D eigenvalue weighted by atomic mass is 35.5. The second-order valence-electron chi connectivity index (χ2n) is 5.02. The summed E-state index contributed by atoms with van der Waals surface area (Å²) in [5.41, 5.74) is 8.50. The number of fused-ring (bicyclic) bond motifs is 1. The molecule has 0 bridgehead atoms. The van der Waals surface area contributed by atoms with Gasteiger partial charge in [-0.1, -0.05) is 29.8 Å². The van der Waals surface area contributed by atoms with Gasteiger partial charge in [-0.25, -0.2) is 4.98 Å². The number of benzene rings is 1. The van der Waals surface area contributed by atoms with Crippen molar-refractivity contribution in [2.24, 2.45) is 12.8 Å². The molecule has 6 heteroatoms. The van der Waals surface area contributed by atoms with Gasteiger partial charge in [0.15, 0.2) is 0 Å². The Morgan fingerprint density at radius 3 is 2.86 bits per heavy atom. The summed E-state index contributed by atoms with van der Waals surface area (Å²) >= 11 is 5.89. The molecule has 0 aliphatic rings. The molecule has 0 saturated heterocycles. The number of para-hydroxylation sites is 1. The van der Waals surface area contributed by atoms with E-state index >= 15 is 0 Å². The topological polar surface area (TPSA) is 72.9 Å².